The third-order valence-electron chi connectivity index (χ3n) is 4.78. The summed E-state index contributed by atoms with van der Waals surface area (Å²) in [6, 6.07) is 0.141. The van der Waals surface area contributed by atoms with E-state index in [-0.39, 0.29) is 17.5 Å². The highest BCUT2D eigenvalue weighted by molar-refractivity contribution is 7.10. The molecule has 23 heavy (non-hydrogen) atoms. The van der Waals surface area contributed by atoms with Crippen molar-refractivity contribution >= 4 is 28.4 Å². The summed E-state index contributed by atoms with van der Waals surface area (Å²) in [6.07, 6.45) is 2.42. The summed E-state index contributed by atoms with van der Waals surface area (Å²) in [4.78, 5) is 24.5. The molecule has 1 aromatic rings. The summed E-state index contributed by atoms with van der Waals surface area (Å²) in [5.41, 5.74) is 6.52. The fourth-order valence-corrected chi connectivity index (χ4v) is 3.64. The van der Waals surface area contributed by atoms with E-state index in [2.05, 4.69) is 23.5 Å². The SMILES string of the molecule is Cc1nsc(N)c1C(=O)OC(C)C(=O)NC1CCCC(C)C1C. The van der Waals surface area contributed by atoms with Crippen LogP contribution in [0.2, 0.25) is 0 Å². The Hall–Kier alpha value is -1.63. The first-order chi connectivity index (χ1) is 10.8. The number of amides is 1. The minimum absolute atomic E-state index is 0.141. The van der Waals surface area contributed by atoms with Gasteiger partial charge in [-0.05, 0) is 43.6 Å². The maximum Gasteiger partial charge on any atom is 0.343 e. The largest absolute Gasteiger partial charge is 0.449 e. The molecule has 1 heterocycles. The zero-order chi connectivity index (χ0) is 17.1. The van der Waals surface area contributed by atoms with E-state index in [1.165, 1.54) is 6.42 Å². The van der Waals surface area contributed by atoms with E-state index < -0.39 is 12.1 Å². The van der Waals surface area contributed by atoms with Crippen LogP contribution in [0.4, 0.5) is 5.00 Å². The van der Waals surface area contributed by atoms with Gasteiger partial charge in [0.05, 0.1) is 5.69 Å². The van der Waals surface area contributed by atoms with E-state index in [1.54, 1.807) is 13.8 Å². The van der Waals surface area contributed by atoms with E-state index in [4.69, 9.17) is 10.5 Å². The fourth-order valence-electron chi connectivity index (χ4n) is 2.99. The Labute approximate surface area is 140 Å². The number of nitrogens with one attached hydrogen (secondary N) is 1. The number of nitrogen functional groups attached to an aromatic ring is 1. The Balaban J connectivity index is 1.94. The van der Waals surface area contributed by atoms with Crippen molar-refractivity contribution in [2.75, 3.05) is 5.73 Å². The molecular formula is C16H25N3O3S. The molecule has 1 aliphatic carbocycles. The molecule has 3 N–H and O–H groups in total. The van der Waals surface area contributed by atoms with E-state index in [0.29, 0.717) is 22.5 Å². The van der Waals surface area contributed by atoms with Crippen molar-refractivity contribution in [2.45, 2.75) is 59.1 Å². The first kappa shape index (κ1) is 17.7. The smallest absolute Gasteiger partial charge is 0.343 e. The average molecular weight is 339 g/mol. The van der Waals surface area contributed by atoms with Crippen LogP contribution in [0.5, 0.6) is 0 Å². The van der Waals surface area contributed by atoms with Gasteiger partial charge < -0.3 is 15.8 Å². The molecule has 7 heteroatoms. The molecule has 1 aromatic heterocycles. The first-order valence-electron chi connectivity index (χ1n) is 8.04. The lowest BCUT2D eigenvalue weighted by molar-refractivity contribution is -0.130. The van der Waals surface area contributed by atoms with Crippen LogP contribution < -0.4 is 11.1 Å². The van der Waals surface area contributed by atoms with Gasteiger partial charge in [0.1, 0.15) is 10.6 Å². The number of hydrogen-bond donors (Lipinski definition) is 2. The molecule has 0 radical (unpaired) electrons. The minimum Gasteiger partial charge on any atom is -0.449 e. The van der Waals surface area contributed by atoms with E-state index >= 15 is 0 Å². The molecular weight excluding hydrogens is 314 g/mol. The standard InChI is InChI=1S/C16H25N3O3S/c1-8-6-5-7-12(9(8)2)18-15(20)11(4)22-16(21)13-10(3)19-23-14(13)17/h8-9,11-12H,5-7,17H2,1-4H3,(H,18,20). The highest BCUT2D eigenvalue weighted by Gasteiger charge is 2.30. The molecule has 0 spiro atoms. The van der Waals surface area contributed by atoms with Crippen molar-refractivity contribution in [1.82, 2.24) is 9.69 Å². The molecule has 0 bridgehead atoms. The highest BCUT2D eigenvalue weighted by Crippen LogP contribution is 2.29. The Kier molecular flexibility index (Phi) is 5.62. The molecule has 4 unspecified atom stereocenters. The van der Waals surface area contributed by atoms with Crippen molar-refractivity contribution in [3.05, 3.63) is 11.3 Å². The molecule has 128 valence electrons. The lowest BCUT2D eigenvalue weighted by atomic mass is 9.78. The van der Waals surface area contributed by atoms with Gasteiger partial charge in [0, 0.05) is 6.04 Å². The molecule has 4 atom stereocenters. The third kappa shape index (κ3) is 4.02. The average Bonchev–Trinajstić information content (AvgIpc) is 2.82. The second-order valence-electron chi connectivity index (χ2n) is 6.44. The van der Waals surface area contributed by atoms with Crippen molar-refractivity contribution in [3.63, 3.8) is 0 Å². The van der Waals surface area contributed by atoms with Crippen LogP contribution in [0.25, 0.3) is 0 Å². The Morgan fingerprint density at radius 1 is 1.39 bits per heavy atom. The van der Waals surface area contributed by atoms with Crippen LogP contribution in [-0.2, 0) is 9.53 Å². The molecule has 2 rings (SSSR count). The monoisotopic (exact) mass is 339 g/mol. The third-order valence-corrected chi connectivity index (χ3v) is 5.55. The summed E-state index contributed by atoms with van der Waals surface area (Å²) < 4.78 is 9.27. The van der Waals surface area contributed by atoms with E-state index in [1.807, 2.05) is 0 Å². The maximum absolute atomic E-state index is 12.3. The van der Waals surface area contributed by atoms with Crippen molar-refractivity contribution in [3.8, 4) is 0 Å². The number of carbonyl (C=O) groups excluding carboxylic acids is 2. The lowest BCUT2D eigenvalue weighted by Gasteiger charge is -2.35. The summed E-state index contributed by atoms with van der Waals surface area (Å²) in [6.45, 7) is 7.64. The van der Waals surface area contributed by atoms with Gasteiger partial charge >= 0.3 is 5.97 Å². The molecule has 1 fully saturated rings. The highest BCUT2D eigenvalue weighted by atomic mass is 32.1. The van der Waals surface area contributed by atoms with Gasteiger partial charge in [-0.25, -0.2) is 4.79 Å². The number of anilines is 1. The van der Waals surface area contributed by atoms with Crippen LogP contribution in [0.1, 0.15) is 56.1 Å². The second-order valence-corrected chi connectivity index (χ2v) is 7.24. The predicted molar refractivity (Wildman–Crippen MR) is 90.3 cm³/mol. The topological polar surface area (TPSA) is 94.3 Å². The molecule has 1 amide bonds. The zero-order valence-electron chi connectivity index (χ0n) is 14.1. The van der Waals surface area contributed by atoms with Gasteiger partial charge in [-0.3, -0.25) is 4.79 Å². The lowest BCUT2D eigenvalue weighted by Crippen LogP contribution is -2.47. The molecule has 6 nitrogen and oxygen atoms in total. The number of aryl methyl sites for hydroxylation is 1. The van der Waals surface area contributed by atoms with Crippen LogP contribution in [0.3, 0.4) is 0 Å². The number of nitrogens with zero attached hydrogens (tertiary/aromatic N) is 1. The number of esters is 1. The quantitative estimate of drug-likeness (QED) is 0.822. The Bertz CT molecular complexity index is 568. The normalized spacial score (nSPS) is 25.7. The Morgan fingerprint density at radius 2 is 2.09 bits per heavy atom. The van der Waals surface area contributed by atoms with Gasteiger partial charge in [0.25, 0.3) is 5.91 Å². The van der Waals surface area contributed by atoms with Crippen molar-refractivity contribution in [2.24, 2.45) is 11.8 Å². The van der Waals surface area contributed by atoms with Gasteiger partial charge in [-0.1, -0.05) is 26.7 Å². The van der Waals surface area contributed by atoms with Crippen LogP contribution in [0.15, 0.2) is 0 Å². The zero-order valence-corrected chi connectivity index (χ0v) is 14.9. The molecule has 0 saturated heterocycles. The van der Waals surface area contributed by atoms with Crippen LogP contribution >= 0.6 is 11.5 Å². The molecule has 0 aromatic carbocycles. The number of ether oxygens (including phenoxy) is 1. The van der Waals surface area contributed by atoms with Gasteiger partial charge in [0.15, 0.2) is 6.10 Å². The van der Waals surface area contributed by atoms with Crippen molar-refractivity contribution < 1.29 is 14.3 Å². The van der Waals surface area contributed by atoms with Gasteiger partial charge in [-0.15, -0.1) is 0 Å². The summed E-state index contributed by atoms with van der Waals surface area (Å²) in [5.74, 6) is 0.158. The molecule has 1 saturated carbocycles. The second kappa shape index (κ2) is 7.29. The van der Waals surface area contributed by atoms with Crippen LogP contribution in [0, 0.1) is 18.8 Å². The van der Waals surface area contributed by atoms with E-state index in [0.717, 1.165) is 24.4 Å². The summed E-state index contributed by atoms with van der Waals surface area (Å²) in [5, 5.41) is 3.33. The summed E-state index contributed by atoms with van der Waals surface area (Å²) in [7, 11) is 0. The fraction of sp³-hybridized carbons (Fsp3) is 0.688. The first-order valence-corrected chi connectivity index (χ1v) is 8.81. The van der Waals surface area contributed by atoms with Gasteiger partial charge in [0.2, 0.25) is 0 Å². The molecule has 0 aliphatic heterocycles. The van der Waals surface area contributed by atoms with Crippen molar-refractivity contribution in [1.29, 1.82) is 0 Å². The Morgan fingerprint density at radius 3 is 2.70 bits per heavy atom. The number of nitrogens with two attached hydrogens (primary N) is 1. The van der Waals surface area contributed by atoms with E-state index in [9.17, 15) is 9.59 Å². The number of hydrogen-bond acceptors (Lipinski definition) is 6. The van der Waals surface area contributed by atoms with Gasteiger partial charge in [-0.2, -0.15) is 4.37 Å². The number of aromatic nitrogens is 1. The number of carbonyl (C=O) groups is 2. The number of rotatable bonds is 4. The predicted octanol–water partition coefficient (Wildman–Crippen LogP) is 2.52. The maximum atomic E-state index is 12.3. The summed E-state index contributed by atoms with van der Waals surface area (Å²) >= 11 is 1.05. The van der Waals surface area contributed by atoms with Crippen LogP contribution in [-0.4, -0.2) is 28.4 Å². The molecule has 1 aliphatic rings. The minimum atomic E-state index is -0.856.